The van der Waals surface area contributed by atoms with Crippen molar-refractivity contribution in [2.75, 3.05) is 11.9 Å². The van der Waals surface area contributed by atoms with E-state index in [1.54, 1.807) is 36.3 Å². The number of urea groups is 1. The van der Waals surface area contributed by atoms with Crippen molar-refractivity contribution in [1.82, 2.24) is 4.90 Å². The molecule has 0 aliphatic carbocycles. The van der Waals surface area contributed by atoms with Crippen molar-refractivity contribution in [1.29, 1.82) is 0 Å². The standard InChI is InChI=1S/C16H17N3O4/c1-11-12(5-2-6-13(11)19(21)22)17-16(20)18-9-3-7-14(18)15-8-4-10-23-15/h2,4-6,8,10,14H,3,7,9H2,1H3,(H,17,20). The molecule has 23 heavy (non-hydrogen) atoms. The zero-order valence-electron chi connectivity index (χ0n) is 12.7. The van der Waals surface area contributed by atoms with Crippen LogP contribution in [0.4, 0.5) is 16.2 Å². The Balaban J connectivity index is 1.79. The molecular formula is C16H17N3O4. The van der Waals surface area contributed by atoms with Gasteiger partial charge in [-0.05, 0) is 38.0 Å². The molecule has 1 unspecified atom stereocenters. The third kappa shape index (κ3) is 2.90. The zero-order valence-corrected chi connectivity index (χ0v) is 12.7. The van der Waals surface area contributed by atoms with Gasteiger partial charge in [0.2, 0.25) is 0 Å². The van der Waals surface area contributed by atoms with Crippen molar-refractivity contribution in [2.24, 2.45) is 0 Å². The number of hydrogen-bond acceptors (Lipinski definition) is 4. The van der Waals surface area contributed by atoms with E-state index >= 15 is 0 Å². The molecule has 2 aromatic rings. The van der Waals surface area contributed by atoms with Crippen LogP contribution in [0.2, 0.25) is 0 Å². The van der Waals surface area contributed by atoms with Gasteiger partial charge in [0.25, 0.3) is 5.69 Å². The third-order valence-corrected chi connectivity index (χ3v) is 4.13. The van der Waals surface area contributed by atoms with Crippen LogP contribution < -0.4 is 5.32 Å². The van der Waals surface area contributed by atoms with Crippen LogP contribution in [0.1, 0.15) is 30.2 Å². The van der Waals surface area contributed by atoms with Crippen LogP contribution >= 0.6 is 0 Å². The van der Waals surface area contributed by atoms with E-state index in [1.807, 2.05) is 6.07 Å². The Morgan fingerprint density at radius 2 is 2.22 bits per heavy atom. The van der Waals surface area contributed by atoms with Crippen LogP contribution in [-0.4, -0.2) is 22.4 Å². The molecule has 1 saturated heterocycles. The predicted octanol–water partition coefficient (Wildman–Crippen LogP) is 3.87. The minimum absolute atomic E-state index is 0.00759. The Bertz CT molecular complexity index is 727. The average Bonchev–Trinajstić information content (AvgIpc) is 3.19. The molecule has 1 aliphatic heterocycles. The van der Waals surface area contributed by atoms with E-state index in [9.17, 15) is 14.9 Å². The quantitative estimate of drug-likeness (QED) is 0.688. The minimum Gasteiger partial charge on any atom is -0.467 e. The van der Waals surface area contributed by atoms with Gasteiger partial charge in [-0.3, -0.25) is 10.1 Å². The van der Waals surface area contributed by atoms with Gasteiger partial charge in [-0.15, -0.1) is 0 Å². The molecule has 2 heterocycles. The maximum absolute atomic E-state index is 12.6. The summed E-state index contributed by atoms with van der Waals surface area (Å²) in [5.41, 5.74) is 0.890. The van der Waals surface area contributed by atoms with Crippen LogP contribution in [0.25, 0.3) is 0 Å². The first-order valence-corrected chi connectivity index (χ1v) is 7.43. The first-order chi connectivity index (χ1) is 11.1. The molecule has 1 N–H and O–H groups in total. The largest absolute Gasteiger partial charge is 0.467 e. The lowest BCUT2D eigenvalue weighted by Crippen LogP contribution is -2.34. The molecule has 7 heteroatoms. The number of nitrogens with zero attached hydrogens (tertiary/aromatic N) is 2. The van der Waals surface area contributed by atoms with Gasteiger partial charge < -0.3 is 14.6 Å². The van der Waals surface area contributed by atoms with Gasteiger partial charge in [-0.25, -0.2) is 4.79 Å². The van der Waals surface area contributed by atoms with E-state index in [0.29, 0.717) is 17.8 Å². The van der Waals surface area contributed by atoms with Gasteiger partial charge in [0.05, 0.1) is 28.5 Å². The topological polar surface area (TPSA) is 88.6 Å². The number of furan rings is 1. The number of carbonyl (C=O) groups excluding carboxylic acids is 1. The number of likely N-dealkylation sites (tertiary alicyclic amines) is 1. The first kappa shape index (κ1) is 15.1. The van der Waals surface area contributed by atoms with E-state index in [0.717, 1.165) is 18.6 Å². The molecule has 1 aromatic heterocycles. The summed E-state index contributed by atoms with van der Waals surface area (Å²) in [7, 11) is 0. The van der Waals surface area contributed by atoms with E-state index in [1.165, 1.54) is 6.07 Å². The van der Waals surface area contributed by atoms with Crippen LogP contribution in [0.3, 0.4) is 0 Å². The van der Waals surface area contributed by atoms with E-state index < -0.39 is 4.92 Å². The maximum atomic E-state index is 12.6. The summed E-state index contributed by atoms with van der Waals surface area (Å²) < 4.78 is 5.41. The highest BCUT2D eigenvalue weighted by molar-refractivity contribution is 5.91. The normalized spacial score (nSPS) is 17.3. The Morgan fingerprint density at radius 3 is 2.91 bits per heavy atom. The monoisotopic (exact) mass is 315 g/mol. The van der Waals surface area contributed by atoms with Crippen molar-refractivity contribution in [3.8, 4) is 0 Å². The second kappa shape index (κ2) is 6.12. The molecule has 0 spiro atoms. The van der Waals surface area contributed by atoms with Crippen molar-refractivity contribution < 1.29 is 14.1 Å². The van der Waals surface area contributed by atoms with Gasteiger partial charge in [0.15, 0.2) is 0 Å². The van der Waals surface area contributed by atoms with Crippen LogP contribution in [0.5, 0.6) is 0 Å². The molecular weight excluding hydrogens is 298 g/mol. The van der Waals surface area contributed by atoms with E-state index in [2.05, 4.69) is 5.32 Å². The summed E-state index contributed by atoms with van der Waals surface area (Å²) in [5.74, 6) is 0.758. The zero-order chi connectivity index (χ0) is 16.4. The van der Waals surface area contributed by atoms with Crippen molar-refractivity contribution in [3.05, 3.63) is 58.0 Å². The average molecular weight is 315 g/mol. The molecule has 1 fully saturated rings. The molecule has 120 valence electrons. The highest BCUT2D eigenvalue weighted by Crippen LogP contribution is 2.33. The maximum Gasteiger partial charge on any atom is 0.322 e. The number of nitro groups is 1. The minimum atomic E-state index is -0.452. The lowest BCUT2D eigenvalue weighted by Gasteiger charge is -2.23. The van der Waals surface area contributed by atoms with Gasteiger partial charge in [0.1, 0.15) is 5.76 Å². The number of benzene rings is 1. The molecule has 7 nitrogen and oxygen atoms in total. The first-order valence-electron chi connectivity index (χ1n) is 7.43. The number of carbonyl (C=O) groups is 1. The predicted molar refractivity (Wildman–Crippen MR) is 84.2 cm³/mol. The summed E-state index contributed by atoms with van der Waals surface area (Å²) in [5, 5.41) is 13.8. The number of amides is 2. The molecule has 0 radical (unpaired) electrons. The molecule has 2 amide bonds. The fraction of sp³-hybridized carbons (Fsp3) is 0.312. The van der Waals surface area contributed by atoms with E-state index in [4.69, 9.17) is 4.42 Å². The lowest BCUT2D eigenvalue weighted by atomic mass is 10.1. The van der Waals surface area contributed by atoms with Crippen molar-refractivity contribution in [2.45, 2.75) is 25.8 Å². The van der Waals surface area contributed by atoms with Crippen LogP contribution in [-0.2, 0) is 0 Å². The Labute approximate surface area is 133 Å². The fourth-order valence-corrected chi connectivity index (χ4v) is 2.93. The van der Waals surface area contributed by atoms with Gasteiger partial charge >= 0.3 is 6.03 Å². The highest BCUT2D eigenvalue weighted by Gasteiger charge is 2.32. The second-order valence-corrected chi connectivity index (χ2v) is 5.50. The number of hydrogen-bond donors (Lipinski definition) is 1. The Hall–Kier alpha value is -2.83. The number of nitrogens with one attached hydrogen (secondary N) is 1. The molecule has 1 aromatic carbocycles. The van der Waals surface area contributed by atoms with Crippen LogP contribution in [0, 0.1) is 17.0 Å². The highest BCUT2D eigenvalue weighted by atomic mass is 16.6. The van der Waals surface area contributed by atoms with Gasteiger partial charge in [-0.1, -0.05) is 6.07 Å². The summed E-state index contributed by atoms with van der Waals surface area (Å²) in [6, 6.07) is 7.94. The Kier molecular flexibility index (Phi) is 4.01. The summed E-state index contributed by atoms with van der Waals surface area (Å²) in [6.45, 7) is 2.26. The number of anilines is 1. The number of rotatable bonds is 3. The van der Waals surface area contributed by atoms with Gasteiger partial charge in [-0.2, -0.15) is 0 Å². The molecule has 0 bridgehead atoms. The second-order valence-electron chi connectivity index (χ2n) is 5.50. The van der Waals surface area contributed by atoms with Gasteiger partial charge in [0, 0.05) is 12.6 Å². The molecule has 0 saturated carbocycles. The molecule has 1 atom stereocenters. The number of nitro benzene ring substituents is 1. The summed E-state index contributed by atoms with van der Waals surface area (Å²) >= 11 is 0. The third-order valence-electron chi connectivity index (χ3n) is 4.13. The smallest absolute Gasteiger partial charge is 0.322 e. The summed E-state index contributed by atoms with van der Waals surface area (Å²) in [6.07, 6.45) is 3.33. The SMILES string of the molecule is Cc1c(NC(=O)N2CCCC2c2ccco2)cccc1[N+](=O)[O-]. The molecule has 3 rings (SSSR count). The van der Waals surface area contributed by atoms with Crippen molar-refractivity contribution >= 4 is 17.4 Å². The molecule has 1 aliphatic rings. The fourth-order valence-electron chi connectivity index (χ4n) is 2.93. The lowest BCUT2D eigenvalue weighted by molar-refractivity contribution is -0.385. The van der Waals surface area contributed by atoms with Crippen LogP contribution in [0.15, 0.2) is 41.0 Å². The Morgan fingerprint density at radius 1 is 1.39 bits per heavy atom. The van der Waals surface area contributed by atoms with E-state index in [-0.39, 0.29) is 17.8 Å². The van der Waals surface area contributed by atoms with Crippen molar-refractivity contribution in [3.63, 3.8) is 0 Å². The summed E-state index contributed by atoms with van der Waals surface area (Å²) in [4.78, 5) is 24.8.